The van der Waals surface area contributed by atoms with Crippen LogP contribution in [-0.2, 0) is 17.0 Å². The van der Waals surface area contributed by atoms with Gasteiger partial charge in [-0.25, -0.2) is 9.67 Å². The molecule has 25 heavy (non-hydrogen) atoms. The first-order valence-electron chi connectivity index (χ1n) is 8.11. The Morgan fingerprint density at radius 2 is 2.32 bits per heavy atom. The summed E-state index contributed by atoms with van der Waals surface area (Å²) in [6, 6.07) is 0. The van der Waals surface area contributed by atoms with Gasteiger partial charge >= 0.3 is 0 Å². The van der Waals surface area contributed by atoms with Crippen LogP contribution in [0.25, 0.3) is 10.2 Å². The summed E-state index contributed by atoms with van der Waals surface area (Å²) in [4.78, 5) is 21.7. The van der Waals surface area contributed by atoms with E-state index in [2.05, 4.69) is 25.5 Å². The summed E-state index contributed by atoms with van der Waals surface area (Å²) in [5.41, 5.74) is 0.926. The molecular weight excluding hydrogens is 360 g/mol. The van der Waals surface area contributed by atoms with Gasteiger partial charge in [0.2, 0.25) is 5.16 Å². The highest BCUT2D eigenvalue weighted by molar-refractivity contribution is 7.98. The zero-order valence-corrected chi connectivity index (χ0v) is 15.6. The molecule has 1 saturated heterocycles. The second-order valence-corrected chi connectivity index (χ2v) is 8.19. The minimum Gasteiger partial charge on any atom is -0.376 e. The predicted molar refractivity (Wildman–Crippen MR) is 96.1 cm³/mol. The van der Waals surface area contributed by atoms with Crippen LogP contribution in [0.15, 0.2) is 9.95 Å². The Labute approximate surface area is 152 Å². The molecule has 0 unspecified atom stereocenters. The molecule has 0 aliphatic carbocycles. The molecule has 1 atom stereocenters. The van der Waals surface area contributed by atoms with Crippen molar-refractivity contribution in [1.82, 2.24) is 30.2 Å². The molecule has 0 amide bonds. The molecule has 0 bridgehead atoms. The van der Waals surface area contributed by atoms with E-state index in [4.69, 9.17) is 4.74 Å². The van der Waals surface area contributed by atoms with Gasteiger partial charge in [0, 0.05) is 11.5 Å². The maximum absolute atomic E-state index is 12.3. The van der Waals surface area contributed by atoms with Crippen LogP contribution >= 0.6 is 23.1 Å². The number of tetrazole rings is 1. The number of hydrogen-bond donors (Lipinski definition) is 1. The van der Waals surface area contributed by atoms with Crippen LogP contribution in [0.3, 0.4) is 0 Å². The quantitative estimate of drug-likeness (QED) is 0.679. The van der Waals surface area contributed by atoms with E-state index in [0.717, 1.165) is 34.7 Å². The fourth-order valence-corrected chi connectivity index (χ4v) is 4.70. The lowest BCUT2D eigenvalue weighted by atomic mass is 10.2. The number of aromatic nitrogens is 6. The van der Waals surface area contributed by atoms with Gasteiger partial charge in [0.05, 0.1) is 23.8 Å². The minimum absolute atomic E-state index is 0.0820. The van der Waals surface area contributed by atoms with Gasteiger partial charge in [0.1, 0.15) is 10.7 Å². The van der Waals surface area contributed by atoms with E-state index in [1.165, 1.54) is 11.8 Å². The predicted octanol–water partition coefficient (Wildman–Crippen LogP) is 2.06. The van der Waals surface area contributed by atoms with Crippen molar-refractivity contribution >= 4 is 33.3 Å². The van der Waals surface area contributed by atoms with Gasteiger partial charge < -0.3 is 9.72 Å². The summed E-state index contributed by atoms with van der Waals surface area (Å²) in [5.74, 6) is 1.14. The molecule has 1 N–H and O–H groups in total. The zero-order valence-electron chi connectivity index (χ0n) is 14.0. The third-order valence-electron chi connectivity index (χ3n) is 4.33. The lowest BCUT2D eigenvalue weighted by Crippen LogP contribution is -2.17. The molecule has 0 aromatic carbocycles. The van der Waals surface area contributed by atoms with Crippen molar-refractivity contribution in [2.45, 2.75) is 50.2 Å². The highest BCUT2D eigenvalue weighted by Gasteiger charge is 2.19. The van der Waals surface area contributed by atoms with Crippen LogP contribution in [0, 0.1) is 13.8 Å². The zero-order chi connectivity index (χ0) is 17.4. The van der Waals surface area contributed by atoms with E-state index in [9.17, 15) is 4.79 Å². The summed E-state index contributed by atoms with van der Waals surface area (Å²) in [7, 11) is 0. The van der Waals surface area contributed by atoms with Crippen LogP contribution in [0.4, 0.5) is 0 Å². The smallest absolute Gasteiger partial charge is 0.259 e. The number of aromatic amines is 1. The standard InChI is InChI=1S/C15H18N6O2S2/c1-8-9(2)25-14-12(8)13(22)16-11(17-14)7-24-15-18-19-20-21(15)6-10-4-3-5-23-10/h10H,3-7H2,1-2H3,(H,16,17,22)/t10-/m1/s1. The van der Waals surface area contributed by atoms with E-state index in [0.29, 0.717) is 28.7 Å². The van der Waals surface area contributed by atoms with Gasteiger partial charge in [-0.3, -0.25) is 4.79 Å². The second kappa shape index (κ2) is 6.85. The maximum Gasteiger partial charge on any atom is 0.259 e. The Balaban J connectivity index is 1.51. The van der Waals surface area contributed by atoms with E-state index < -0.39 is 0 Å². The molecule has 132 valence electrons. The summed E-state index contributed by atoms with van der Waals surface area (Å²) in [5, 5.41) is 13.3. The second-order valence-electron chi connectivity index (χ2n) is 6.04. The molecule has 4 rings (SSSR count). The van der Waals surface area contributed by atoms with Gasteiger partial charge in [0.25, 0.3) is 5.56 Å². The Morgan fingerprint density at radius 1 is 1.44 bits per heavy atom. The summed E-state index contributed by atoms with van der Waals surface area (Å²) in [6.45, 7) is 5.43. The van der Waals surface area contributed by atoms with Crippen LogP contribution in [0.5, 0.6) is 0 Å². The number of nitrogens with one attached hydrogen (secondary N) is 1. The highest BCUT2D eigenvalue weighted by Crippen LogP contribution is 2.27. The number of fused-ring (bicyclic) bond motifs is 1. The molecule has 8 nitrogen and oxygen atoms in total. The molecule has 3 aromatic heterocycles. The third-order valence-corrected chi connectivity index (χ3v) is 6.40. The van der Waals surface area contributed by atoms with Crippen LogP contribution in [0.2, 0.25) is 0 Å². The molecular formula is C15H18N6O2S2. The normalized spacial score (nSPS) is 17.6. The van der Waals surface area contributed by atoms with E-state index in [1.807, 2.05) is 13.8 Å². The first kappa shape index (κ1) is 16.7. The molecule has 1 aliphatic heterocycles. The molecule has 3 aromatic rings. The topological polar surface area (TPSA) is 98.6 Å². The number of rotatable bonds is 5. The minimum atomic E-state index is -0.0820. The van der Waals surface area contributed by atoms with Crippen LogP contribution in [0.1, 0.15) is 29.1 Å². The van der Waals surface area contributed by atoms with Crippen molar-refractivity contribution in [2.75, 3.05) is 6.61 Å². The Bertz CT molecular complexity index is 957. The van der Waals surface area contributed by atoms with Gasteiger partial charge in [0.15, 0.2) is 0 Å². The number of ether oxygens (including phenoxy) is 1. The average Bonchev–Trinajstić information content (AvgIpc) is 3.29. The van der Waals surface area contributed by atoms with Crippen LogP contribution < -0.4 is 5.56 Å². The van der Waals surface area contributed by atoms with Crippen molar-refractivity contribution in [2.24, 2.45) is 0 Å². The Kier molecular flexibility index (Phi) is 4.57. The fourth-order valence-electron chi connectivity index (χ4n) is 2.90. The number of thiophene rings is 1. The number of nitrogens with zero attached hydrogens (tertiary/aromatic N) is 5. The largest absolute Gasteiger partial charge is 0.376 e. The molecule has 1 aliphatic rings. The Morgan fingerprint density at radius 3 is 3.12 bits per heavy atom. The molecule has 10 heteroatoms. The van der Waals surface area contributed by atoms with Crippen molar-refractivity contribution in [3.8, 4) is 0 Å². The molecule has 0 spiro atoms. The van der Waals surface area contributed by atoms with Crippen LogP contribution in [-0.4, -0.2) is 42.9 Å². The lowest BCUT2D eigenvalue weighted by molar-refractivity contribution is 0.0912. The molecule has 0 radical (unpaired) electrons. The van der Waals surface area contributed by atoms with Crippen molar-refractivity contribution in [3.63, 3.8) is 0 Å². The van der Waals surface area contributed by atoms with E-state index >= 15 is 0 Å². The third kappa shape index (κ3) is 3.33. The number of H-pyrrole nitrogens is 1. The molecule has 4 heterocycles. The van der Waals surface area contributed by atoms with E-state index in [-0.39, 0.29) is 11.7 Å². The van der Waals surface area contributed by atoms with Crippen molar-refractivity contribution in [1.29, 1.82) is 0 Å². The number of aryl methyl sites for hydroxylation is 2. The van der Waals surface area contributed by atoms with Crippen molar-refractivity contribution in [3.05, 3.63) is 26.6 Å². The average molecular weight is 378 g/mol. The fraction of sp³-hybridized carbons (Fsp3) is 0.533. The molecule has 1 fully saturated rings. The first-order chi connectivity index (χ1) is 12.1. The lowest BCUT2D eigenvalue weighted by Gasteiger charge is -2.09. The van der Waals surface area contributed by atoms with Gasteiger partial charge in [-0.1, -0.05) is 11.8 Å². The van der Waals surface area contributed by atoms with E-state index in [1.54, 1.807) is 16.0 Å². The van der Waals surface area contributed by atoms with Gasteiger partial charge in [-0.05, 0) is 42.7 Å². The molecule has 0 saturated carbocycles. The van der Waals surface area contributed by atoms with Crippen molar-refractivity contribution < 1.29 is 4.74 Å². The first-order valence-corrected chi connectivity index (χ1v) is 9.91. The highest BCUT2D eigenvalue weighted by atomic mass is 32.2. The summed E-state index contributed by atoms with van der Waals surface area (Å²) >= 11 is 3.01. The summed E-state index contributed by atoms with van der Waals surface area (Å²) in [6.07, 6.45) is 2.29. The SMILES string of the molecule is Cc1sc2nc(CSc3nnnn3C[C@H]3CCCO3)[nH]c(=O)c2c1C. The Hall–Kier alpha value is -1.78. The maximum atomic E-state index is 12.3. The summed E-state index contributed by atoms with van der Waals surface area (Å²) < 4.78 is 7.40. The number of thioether (sulfide) groups is 1. The monoisotopic (exact) mass is 378 g/mol. The number of hydrogen-bond acceptors (Lipinski definition) is 8. The van der Waals surface area contributed by atoms with Gasteiger partial charge in [-0.15, -0.1) is 16.4 Å². The van der Waals surface area contributed by atoms with Gasteiger partial charge in [-0.2, -0.15) is 0 Å².